The Morgan fingerprint density at radius 1 is 1.15 bits per heavy atom. The van der Waals surface area contributed by atoms with E-state index in [9.17, 15) is 9.59 Å². The second-order valence-corrected chi connectivity index (χ2v) is 7.08. The summed E-state index contributed by atoms with van der Waals surface area (Å²) < 4.78 is 5.44. The molecule has 0 radical (unpaired) electrons. The number of ether oxygens (including phenoxy) is 1. The van der Waals surface area contributed by atoms with Crippen molar-refractivity contribution in [1.29, 1.82) is 0 Å². The Bertz CT molecular complexity index is 847. The maximum absolute atomic E-state index is 12.8. The number of benzene rings is 2. The molecule has 4 rings (SSSR count). The molecule has 140 valence electrons. The molecule has 2 aromatic carbocycles. The summed E-state index contributed by atoms with van der Waals surface area (Å²) in [7, 11) is 0. The van der Waals surface area contributed by atoms with Crippen molar-refractivity contribution in [2.75, 3.05) is 26.2 Å². The van der Waals surface area contributed by atoms with Crippen LogP contribution in [0.3, 0.4) is 0 Å². The molecule has 1 fully saturated rings. The number of carbonyl (C=O) groups excluding carboxylic acids is 2. The summed E-state index contributed by atoms with van der Waals surface area (Å²) in [6.07, 6.45) is 1.19. The van der Waals surface area contributed by atoms with Crippen LogP contribution in [0.25, 0.3) is 0 Å². The van der Waals surface area contributed by atoms with Gasteiger partial charge in [0.15, 0.2) is 0 Å². The molecular weight excluding hydrogens is 340 g/mol. The third-order valence-electron chi connectivity index (χ3n) is 5.39. The van der Waals surface area contributed by atoms with Crippen LogP contribution < -0.4 is 4.74 Å². The molecule has 2 aliphatic heterocycles. The van der Waals surface area contributed by atoms with Gasteiger partial charge in [0, 0.05) is 13.1 Å². The van der Waals surface area contributed by atoms with Gasteiger partial charge in [-0.25, -0.2) is 0 Å². The van der Waals surface area contributed by atoms with E-state index in [1.54, 1.807) is 4.90 Å². The Balaban J connectivity index is 1.48. The molecule has 0 aliphatic carbocycles. The van der Waals surface area contributed by atoms with E-state index in [1.807, 2.05) is 48.2 Å². The van der Waals surface area contributed by atoms with Gasteiger partial charge >= 0.3 is 0 Å². The molecule has 0 saturated carbocycles. The SMILES string of the molecule is CCOc1ccc(CC(=O)N2CC(=O)N3CCc4ccccc4C3C2)cc1. The van der Waals surface area contributed by atoms with Gasteiger partial charge < -0.3 is 14.5 Å². The number of piperazine rings is 1. The first kappa shape index (κ1) is 17.6. The fourth-order valence-electron chi connectivity index (χ4n) is 4.02. The van der Waals surface area contributed by atoms with Gasteiger partial charge in [-0.3, -0.25) is 9.59 Å². The van der Waals surface area contributed by atoms with Crippen molar-refractivity contribution in [3.8, 4) is 5.75 Å². The first-order chi connectivity index (χ1) is 13.2. The fourth-order valence-corrected chi connectivity index (χ4v) is 4.02. The molecule has 0 spiro atoms. The number of fused-ring (bicyclic) bond motifs is 3. The van der Waals surface area contributed by atoms with Crippen LogP contribution in [0.5, 0.6) is 5.75 Å². The van der Waals surface area contributed by atoms with Gasteiger partial charge in [-0.05, 0) is 42.2 Å². The van der Waals surface area contributed by atoms with Gasteiger partial charge in [-0.2, -0.15) is 0 Å². The van der Waals surface area contributed by atoms with Gasteiger partial charge in [0.05, 0.1) is 25.6 Å². The minimum atomic E-state index is -0.0273. The third kappa shape index (κ3) is 3.54. The molecule has 2 heterocycles. The van der Waals surface area contributed by atoms with Gasteiger partial charge in [0.25, 0.3) is 0 Å². The summed E-state index contributed by atoms with van der Waals surface area (Å²) in [6.45, 7) is 4.04. The molecule has 0 aromatic heterocycles. The third-order valence-corrected chi connectivity index (χ3v) is 5.39. The van der Waals surface area contributed by atoms with Crippen LogP contribution in [-0.2, 0) is 22.4 Å². The van der Waals surface area contributed by atoms with Crippen LogP contribution in [0.2, 0.25) is 0 Å². The van der Waals surface area contributed by atoms with Crippen molar-refractivity contribution in [3.05, 3.63) is 65.2 Å². The smallest absolute Gasteiger partial charge is 0.242 e. The highest BCUT2D eigenvalue weighted by atomic mass is 16.5. The molecule has 5 nitrogen and oxygen atoms in total. The van der Waals surface area contributed by atoms with Crippen molar-refractivity contribution in [1.82, 2.24) is 9.80 Å². The van der Waals surface area contributed by atoms with Crippen molar-refractivity contribution in [2.24, 2.45) is 0 Å². The normalized spacial score (nSPS) is 18.7. The lowest BCUT2D eigenvalue weighted by atomic mass is 9.90. The monoisotopic (exact) mass is 364 g/mol. The van der Waals surface area contributed by atoms with Crippen LogP contribution in [0.15, 0.2) is 48.5 Å². The van der Waals surface area contributed by atoms with Gasteiger partial charge in [-0.15, -0.1) is 0 Å². The maximum Gasteiger partial charge on any atom is 0.242 e. The highest BCUT2D eigenvalue weighted by molar-refractivity contribution is 5.87. The van der Waals surface area contributed by atoms with Crippen molar-refractivity contribution < 1.29 is 14.3 Å². The van der Waals surface area contributed by atoms with E-state index in [0.717, 1.165) is 24.3 Å². The first-order valence-electron chi connectivity index (χ1n) is 9.52. The summed E-state index contributed by atoms with van der Waals surface area (Å²) >= 11 is 0. The summed E-state index contributed by atoms with van der Waals surface area (Å²) in [5, 5.41) is 0. The van der Waals surface area contributed by atoms with Crippen molar-refractivity contribution in [3.63, 3.8) is 0 Å². The lowest BCUT2D eigenvalue weighted by molar-refractivity contribution is -0.149. The Hall–Kier alpha value is -2.82. The number of amides is 2. The second kappa shape index (κ2) is 7.43. The molecule has 0 bridgehead atoms. The zero-order valence-electron chi connectivity index (χ0n) is 15.6. The summed E-state index contributed by atoms with van der Waals surface area (Å²) in [4.78, 5) is 29.1. The largest absolute Gasteiger partial charge is 0.494 e. The topological polar surface area (TPSA) is 49.9 Å². The molecule has 2 amide bonds. The van der Waals surface area contributed by atoms with E-state index >= 15 is 0 Å². The van der Waals surface area contributed by atoms with Crippen LogP contribution in [0.4, 0.5) is 0 Å². The Kier molecular flexibility index (Phi) is 4.84. The van der Waals surface area contributed by atoms with E-state index < -0.39 is 0 Å². The fraction of sp³-hybridized carbons (Fsp3) is 0.364. The van der Waals surface area contributed by atoms with Crippen LogP contribution in [-0.4, -0.2) is 47.9 Å². The highest BCUT2D eigenvalue weighted by Gasteiger charge is 2.38. The molecule has 27 heavy (non-hydrogen) atoms. The highest BCUT2D eigenvalue weighted by Crippen LogP contribution is 2.33. The average Bonchev–Trinajstić information content (AvgIpc) is 2.69. The van der Waals surface area contributed by atoms with Gasteiger partial charge in [0.1, 0.15) is 5.75 Å². The lowest BCUT2D eigenvalue weighted by Crippen LogP contribution is -2.55. The van der Waals surface area contributed by atoms with E-state index in [-0.39, 0.29) is 24.4 Å². The van der Waals surface area contributed by atoms with Gasteiger partial charge in [0.2, 0.25) is 11.8 Å². The van der Waals surface area contributed by atoms with E-state index in [1.165, 1.54) is 11.1 Å². The summed E-state index contributed by atoms with van der Waals surface area (Å²) in [5.41, 5.74) is 3.39. The molecule has 1 atom stereocenters. The molecule has 1 saturated heterocycles. The minimum Gasteiger partial charge on any atom is -0.494 e. The zero-order valence-corrected chi connectivity index (χ0v) is 15.6. The Morgan fingerprint density at radius 2 is 1.93 bits per heavy atom. The number of carbonyl (C=O) groups is 2. The Morgan fingerprint density at radius 3 is 2.70 bits per heavy atom. The average molecular weight is 364 g/mol. The molecule has 5 heteroatoms. The summed E-state index contributed by atoms with van der Waals surface area (Å²) in [5.74, 6) is 0.840. The zero-order chi connectivity index (χ0) is 18.8. The van der Waals surface area contributed by atoms with Crippen LogP contribution in [0.1, 0.15) is 29.7 Å². The van der Waals surface area contributed by atoms with Crippen molar-refractivity contribution in [2.45, 2.75) is 25.8 Å². The lowest BCUT2D eigenvalue weighted by Gasteiger charge is -2.44. The standard InChI is InChI=1S/C22H24N2O3/c1-2-27-18-9-7-16(8-10-18)13-21(25)23-14-20-19-6-4-3-5-17(19)11-12-24(20)22(26)15-23/h3-10,20H,2,11-15H2,1H3. The molecule has 0 N–H and O–H groups in total. The number of hydrogen-bond acceptors (Lipinski definition) is 3. The van der Waals surface area contributed by atoms with E-state index in [0.29, 0.717) is 19.6 Å². The first-order valence-corrected chi connectivity index (χ1v) is 9.52. The van der Waals surface area contributed by atoms with Crippen molar-refractivity contribution >= 4 is 11.8 Å². The van der Waals surface area contributed by atoms with Gasteiger partial charge in [-0.1, -0.05) is 36.4 Å². The molecule has 1 unspecified atom stereocenters. The molecule has 2 aliphatic rings. The number of rotatable bonds is 4. The summed E-state index contributed by atoms with van der Waals surface area (Å²) in [6, 6.07) is 15.8. The molecule has 2 aromatic rings. The minimum absolute atomic E-state index is 0.00443. The number of nitrogens with zero attached hydrogens (tertiary/aromatic N) is 2. The predicted molar refractivity (Wildman–Crippen MR) is 102 cm³/mol. The van der Waals surface area contributed by atoms with E-state index in [4.69, 9.17) is 4.74 Å². The van der Waals surface area contributed by atoms with Crippen LogP contribution in [0, 0.1) is 0 Å². The quantitative estimate of drug-likeness (QED) is 0.838. The van der Waals surface area contributed by atoms with E-state index in [2.05, 4.69) is 12.1 Å². The molecular formula is C22H24N2O3. The predicted octanol–water partition coefficient (Wildman–Crippen LogP) is 2.60. The number of hydrogen-bond donors (Lipinski definition) is 0. The van der Waals surface area contributed by atoms with Crippen LogP contribution >= 0.6 is 0 Å². The Labute approximate surface area is 159 Å². The maximum atomic E-state index is 12.8. The second-order valence-electron chi connectivity index (χ2n) is 7.08.